The summed E-state index contributed by atoms with van der Waals surface area (Å²) in [5.74, 6) is -3.30. The minimum Gasteiger partial charge on any atom is -0.480 e. The summed E-state index contributed by atoms with van der Waals surface area (Å²) in [4.78, 5) is 78.3. The summed E-state index contributed by atoms with van der Waals surface area (Å²) >= 11 is 0. The fraction of sp³-hybridized carbons (Fsp3) is 0.550. The van der Waals surface area contributed by atoms with E-state index in [4.69, 9.17) is 9.47 Å². The minimum absolute atomic E-state index is 0.0635. The number of benzene rings is 2. The molecule has 2 rings (SSSR count). The second-order valence-corrected chi connectivity index (χ2v) is 15.7. The molecule has 0 spiro atoms. The normalized spacial score (nSPS) is 13.7. The molecule has 0 saturated carbocycles. The molecule has 0 aliphatic rings. The fourth-order valence-corrected chi connectivity index (χ4v) is 5.32. The third-order valence-corrected chi connectivity index (χ3v) is 7.75. The van der Waals surface area contributed by atoms with Gasteiger partial charge in [-0.2, -0.15) is 0 Å². The molecule has 0 unspecified atom stereocenters. The van der Waals surface area contributed by atoms with E-state index >= 15 is 0 Å². The first-order valence-electron chi connectivity index (χ1n) is 18.4. The third kappa shape index (κ3) is 18.6. The van der Waals surface area contributed by atoms with E-state index in [2.05, 4.69) is 26.6 Å². The van der Waals surface area contributed by atoms with Crippen LogP contribution < -0.4 is 26.6 Å². The van der Waals surface area contributed by atoms with Crippen LogP contribution in [-0.4, -0.2) is 82.9 Å². The lowest BCUT2D eigenvalue weighted by Crippen LogP contribution is -2.58. The summed E-state index contributed by atoms with van der Waals surface area (Å²) in [6.07, 6.45) is -0.118. The zero-order chi connectivity index (χ0) is 40.5. The van der Waals surface area contributed by atoms with E-state index in [1.807, 2.05) is 50.2 Å². The molecule has 14 heteroatoms. The summed E-state index contributed by atoms with van der Waals surface area (Å²) in [6, 6.07) is 13.4. The van der Waals surface area contributed by atoms with Crippen molar-refractivity contribution in [3.05, 3.63) is 71.8 Å². The molecule has 0 radical (unpaired) electrons. The van der Waals surface area contributed by atoms with Gasteiger partial charge in [-0.05, 0) is 84.3 Å². The predicted molar refractivity (Wildman–Crippen MR) is 204 cm³/mol. The van der Waals surface area contributed by atoms with Gasteiger partial charge in [-0.3, -0.25) is 14.4 Å². The number of hydrogen-bond donors (Lipinski definition) is 6. The van der Waals surface area contributed by atoms with Gasteiger partial charge >= 0.3 is 18.2 Å². The highest BCUT2D eigenvalue weighted by atomic mass is 16.6. The quantitative estimate of drug-likeness (QED) is 0.111. The van der Waals surface area contributed by atoms with Gasteiger partial charge in [0.25, 0.3) is 0 Å². The molecule has 5 amide bonds. The SMILES string of the molecule is CC(C)C[C@@H](NC(=O)[C@H](Cc1ccccc1)NC(=O)[C@@H](Cc1ccccc1)NC(=O)OC(C)(C)C)C(=O)N[C@H](CCCCNC(=O)OC(C)(C)C)C(=O)O. The number of carboxylic acids is 1. The average Bonchev–Trinajstić information content (AvgIpc) is 3.05. The van der Waals surface area contributed by atoms with Gasteiger partial charge in [-0.25, -0.2) is 14.4 Å². The van der Waals surface area contributed by atoms with Gasteiger partial charge in [0.2, 0.25) is 17.7 Å². The highest BCUT2D eigenvalue weighted by Crippen LogP contribution is 2.13. The molecule has 0 aliphatic carbocycles. The second-order valence-electron chi connectivity index (χ2n) is 15.7. The van der Waals surface area contributed by atoms with Gasteiger partial charge in [0, 0.05) is 19.4 Å². The fourth-order valence-electron chi connectivity index (χ4n) is 5.32. The molecule has 298 valence electrons. The molecule has 0 fully saturated rings. The lowest BCUT2D eigenvalue weighted by atomic mass is 9.99. The topological polar surface area (TPSA) is 201 Å². The monoisotopic (exact) mass is 753 g/mol. The number of alkyl carbamates (subject to hydrolysis) is 2. The van der Waals surface area contributed by atoms with E-state index in [0.29, 0.717) is 12.8 Å². The number of rotatable bonds is 19. The summed E-state index contributed by atoms with van der Waals surface area (Å²) in [5.41, 5.74) is 0.0215. The van der Waals surface area contributed by atoms with Crippen molar-refractivity contribution in [2.75, 3.05) is 6.54 Å². The first-order chi connectivity index (χ1) is 25.2. The molecule has 4 atom stereocenters. The van der Waals surface area contributed by atoms with Crippen LogP contribution in [0.25, 0.3) is 0 Å². The standard InChI is InChI=1S/C40H59N5O9/c1-26(2)23-30(33(46)42-29(36(49)50)21-15-16-22-41-37(51)53-39(3,4)5)43-34(47)31(24-27-17-11-9-12-18-27)44-35(48)32(25-28-19-13-10-14-20-28)45-38(52)54-40(6,7)8/h9-14,17-20,26,29-32H,15-16,21-25H2,1-8H3,(H,41,51)(H,42,46)(H,43,47)(H,44,48)(H,45,52)(H,49,50)/t29-,30-,31+,32-/m1/s1. The maximum absolute atomic E-state index is 14.0. The van der Waals surface area contributed by atoms with Gasteiger partial charge < -0.3 is 41.2 Å². The second kappa shape index (κ2) is 21.5. The Balaban J connectivity index is 2.23. The highest BCUT2D eigenvalue weighted by Gasteiger charge is 2.32. The number of carbonyl (C=O) groups is 6. The minimum atomic E-state index is -1.25. The number of amides is 5. The highest BCUT2D eigenvalue weighted by molar-refractivity contribution is 5.95. The lowest BCUT2D eigenvalue weighted by Gasteiger charge is -2.27. The summed E-state index contributed by atoms with van der Waals surface area (Å²) < 4.78 is 10.6. The lowest BCUT2D eigenvalue weighted by molar-refractivity contribution is -0.142. The maximum Gasteiger partial charge on any atom is 0.408 e. The van der Waals surface area contributed by atoms with Crippen molar-refractivity contribution in [2.45, 2.75) is 129 Å². The Hall–Kier alpha value is -5.14. The van der Waals surface area contributed by atoms with E-state index in [-0.39, 0.29) is 38.1 Å². The van der Waals surface area contributed by atoms with Crippen molar-refractivity contribution in [3.63, 3.8) is 0 Å². The van der Waals surface area contributed by atoms with Crippen molar-refractivity contribution in [1.29, 1.82) is 0 Å². The number of hydrogen-bond acceptors (Lipinski definition) is 8. The van der Waals surface area contributed by atoms with Crippen LogP contribution in [0.3, 0.4) is 0 Å². The summed E-state index contributed by atoms with van der Waals surface area (Å²) in [5, 5.41) is 23.3. The predicted octanol–water partition coefficient (Wildman–Crippen LogP) is 4.65. The Morgan fingerprint density at radius 3 is 1.48 bits per heavy atom. The number of carboxylic acid groups (broad SMARTS) is 1. The molecule has 54 heavy (non-hydrogen) atoms. The Bertz CT molecular complexity index is 1520. The zero-order valence-electron chi connectivity index (χ0n) is 32.8. The maximum atomic E-state index is 14.0. The number of nitrogens with one attached hydrogen (secondary N) is 5. The van der Waals surface area contributed by atoms with Gasteiger partial charge in [0.15, 0.2) is 0 Å². The van der Waals surface area contributed by atoms with Crippen molar-refractivity contribution >= 4 is 35.9 Å². The molecule has 6 N–H and O–H groups in total. The Labute approximate surface area is 318 Å². The number of carbonyl (C=O) groups excluding carboxylic acids is 5. The van der Waals surface area contributed by atoms with Crippen molar-refractivity contribution in [3.8, 4) is 0 Å². The zero-order valence-corrected chi connectivity index (χ0v) is 32.8. The van der Waals surface area contributed by atoms with E-state index in [1.54, 1.807) is 65.8 Å². The van der Waals surface area contributed by atoms with Crippen LogP contribution in [0, 0.1) is 5.92 Å². The number of aliphatic carboxylic acids is 1. The smallest absolute Gasteiger partial charge is 0.408 e. The Morgan fingerprint density at radius 1 is 0.593 bits per heavy atom. The van der Waals surface area contributed by atoms with E-state index in [9.17, 15) is 33.9 Å². The van der Waals surface area contributed by atoms with Crippen LogP contribution >= 0.6 is 0 Å². The van der Waals surface area contributed by atoms with Crippen molar-refractivity contribution < 1.29 is 43.3 Å². The summed E-state index contributed by atoms with van der Waals surface area (Å²) in [7, 11) is 0. The molecule has 14 nitrogen and oxygen atoms in total. The van der Waals surface area contributed by atoms with Crippen LogP contribution in [0.15, 0.2) is 60.7 Å². The van der Waals surface area contributed by atoms with E-state index in [1.165, 1.54) is 0 Å². The first kappa shape index (κ1) is 45.0. The largest absolute Gasteiger partial charge is 0.480 e. The molecule has 0 aromatic heterocycles. The van der Waals surface area contributed by atoms with E-state index < -0.39 is 71.2 Å². The summed E-state index contributed by atoms with van der Waals surface area (Å²) in [6.45, 7) is 14.3. The van der Waals surface area contributed by atoms with Gasteiger partial charge in [-0.1, -0.05) is 74.5 Å². The molecular weight excluding hydrogens is 694 g/mol. The van der Waals surface area contributed by atoms with Gasteiger partial charge in [0.05, 0.1) is 0 Å². The van der Waals surface area contributed by atoms with Crippen molar-refractivity contribution in [1.82, 2.24) is 26.6 Å². The average molecular weight is 754 g/mol. The van der Waals surface area contributed by atoms with Gasteiger partial charge in [-0.15, -0.1) is 0 Å². The van der Waals surface area contributed by atoms with Crippen LogP contribution in [0.4, 0.5) is 9.59 Å². The third-order valence-electron chi connectivity index (χ3n) is 7.75. The van der Waals surface area contributed by atoms with Crippen LogP contribution in [0.2, 0.25) is 0 Å². The molecule has 0 bridgehead atoms. The molecule has 2 aromatic rings. The molecular formula is C40H59N5O9. The first-order valence-corrected chi connectivity index (χ1v) is 18.4. The molecule has 0 heterocycles. The van der Waals surface area contributed by atoms with E-state index in [0.717, 1.165) is 11.1 Å². The molecule has 0 saturated heterocycles. The van der Waals surface area contributed by atoms with Gasteiger partial charge in [0.1, 0.15) is 35.4 Å². The molecule has 2 aromatic carbocycles. The van der Waals surface area contributed by atoms with Crippen molar-refractivity contribution in [2.24, 2.45) is 5.92 Å². The van der Waals surface area contributed by atoms with Crippen LogP contribution in [0.1, 0.15) is 92.2 Å². The molecule has 0 aliphatic heterocycles. The number of unbranched alkanes of at least 4 members (excludes halogenated alkanes) is 1. The number of ether oxygens (including phenoxy) is 2. The van der Waals surface area contributed by atoms with Crippen LogP contribution in [0.5, 0.6) is 0 Å². The Morgan fingerprint density at radius 2 is 1.02 bits per heavy atom. The van der Waals surface area contributed by atoms with Crippen LogP contribution in [-0.2, 0) is 41.5 Å². The Kier molecular flexibility index (Phi) is 18.0.